The number of methoxy groups -OCH3 is 1. The molecule has 0 spiro atoms. The Morgan fingerprint density at radius 3 is 2.24 bits per heavy atom. The molecule has 1 aromatic carbocycles. The van der Waals surface area contributed by atoms with Gasteiger partial charge in [0.05, 0.1) is 12.7 Å². The van der Waals surface area contributed by atoms with Gasteiger partial charge in [0.15, 0.2) is 0 Å². The van der Waals surface area contributed by atoms with Gasteiger partial charge < -0.3 is 19.9 Å². The van der Waals surface area contributed by atoms with Crippen molar-refractivity contribution in [2.75, 3.05) is 19.5 Å². The number of nitrogens with two attached hydrogens (primary N) is 1. The quantitative estimate of drug-likeness (QED) is 0.775. The lowest BCUT2D eigenvalue weighted by Crippen LogP contribution is -2.19. The standard InChI is InChI=1S/C13H21NO3/c1-9(2)16-11-6-5-7-12(13(11)14)17-10(3)8-15-4/h5-7,9-10H,8,14H2,1-4H3. The minimum absolute atomic E-state index is 0.0448. The summed E-state index contributed by atoms with van der Waals surface area (Å²) in [6.45, 7) is 6.37. The maximum Gasteiger partial charge on any atom is 0.146 e. The van der Waals surface area contributed by atoms with E-state index in [0.717, 1.165) is 0 Å². The van der Waals surface area contributed by atoms with Crippen LogP contribution in [0.1, 0.15) is 20.8 Å². The van der Waals surface area contributed by atoms with E-state index in [1.54, 1.807) is 7.11 Å². The summed E-state index contributed by atoms with van der Waals surface area (Å²) in [5.74, 6) is 1.29. The summed E-state index contributed by atoms with van der Waals surface area (Å²) in [6, 6.07) is 5.53. The molecule has 0 bridgehead atoms. The number of ether oxygens (including phenoxy) is 3. The molecule has 96 valence electrons. The average molecular weight is 239 g/mol. The zero-order valence-electron chi connectivity index (χ0n) is 10.9. The van der Waals surface area contributed by atoms with Crippen LogP contribution < -0.4 is 15.2 Å². The molecule has 0 heterocycles. The Kier molecular flexibility index (Phi) is 5.10. The van der Waals surface area contributed by atoms with Crippen LogP contribution in [0.25, 0.3) is 0 Å². The topological polar surface area (TPSA) is 53.7 Å². The fourth-order valence-electron chi connectivity index (χ4n) is 1.47. The number of hydrogen-bond donors (Lipinski definition) is 1. The summed E-state index contributed by atoms with van der Waals surface area (Å²) in [7, 11) is 1.64. The molecule has 4 nitrogen and oxygen atoms in total. The van der Waals surface area contributed by atoms with Gasteiger partial charge in [-0.2, -0.15) is 0 Å². The summed E-state index contributed by atoms with van der Waals surface area (Å²) < 4.78 is 16.3. The fraction of sp³-hybridized carbons (Fsp3) is 0.538. The number of benzene rings is 1. The SMILES string of the molecule is COCC(C)Oc1cccc(OC(C)C)c1N. The number of nitrogen functional groups attached to an aromatic ring is 1. The van der Waals surface area contributed by atoms with Crippen molar-refractivity contribution in [3.05, 3.63) is 18.2 Å². The van der Waals surface area contributed by atoms with E-state index >= 15 is 0 Å². The normalized spacial score (nSPS) is 12.5. The first-order valence-electron chi connectivity index (χ1n) is 5.75. The Labute approximate surface area is 103 Å². The third-order valence-corrected chi connectivity index (χ3v) is 2.12. The van der Waals surface area contributed by atoms with E-state index in [4.69, 9.17) is 19.9 Å². The van der Waals surface area contributed by atoms with E-state index in [-0.39, 0.29) is 12.2 Å². The molecule has 0 radical (unpaired) electrons. The first-order valence-corrected chi connectivity index (χ1v) is 5.75. The molecule has 17 heavy (non-hydrogen) atoms. The van der Waals surface area contributed by atoms with E-state index in [1.165, 1.54) is 0 Å². The van der Waals surface area contributed by atoms with Crippen molar-refractivity contribution < 1.29 is 14.2 Å². The molecular weight excluding hydrogens is 218 g/mol. The number of anilines is 1. The van der Waals surface area contributed by atoms with E-state index in [9.17, 15) is 0 Å². The van der Waals surface area contributed by atoms with Crippen LogP contribution in [0.3, 0.4) is 0 Å². The zero-order chi connectivity index (χ0) is 12.8. The summed E-state index contributed by atoms with van der Waals surface area (Å²) in [6.07, 6.45) is 0.0422. The molecule has 1 aromatic rings. The van der Waals surface area contributed by atoms with Crippen molar-refractivity contribution in [1.82, 2.24) is 0 Å². The third kappa shape index (κ3) is 4.15. The molecule has 0 aliphatic carbocycles. The number of hydrogen-bond acceptors (Lipinski definition) is 4. The zero-order valence-corrected chi connectivity index (χ0v) is 10.9. The molecule has 0 amide bonds. The second-order valence-electron chi connectivity index (χ2n) is 4.22. The predicted molar refractivity (Wildman–Crippen MR) is 68.6 cm³/mol. The number of para-hydroxylation sites is 1. The van der Waals surface area contributed by atoms with Gasteiger partial charge in [0.25, 0.3) is 0 Å². The van der Waals surface area contributed by atoms with E-state index in [2.05, 4.69) is 0 Å². The van der Waals surface area contributed by atoms with Crippen molar-refractivity contribution >= 4 is 5.69 Å². The lowest BCUT2D eigenvalue weighted by atomic mass is 10.2. The van der Waals surface area contributed by atoms with Gasteiger partial charge >= 0.3 is 0 Å². The summed E-state index contributed by atoms with van der Waals surface area (Å²) in [5, 5.41) is 0. The second-order valence-corrected chi connectivity index (χ2v) is 4.22. The molecule has 1 unspecified atom stereocenters. The lowest BCUT2D eigenvalue weighted by Gasteiger charge is -2.18. The molecule has 0 saturated heterocycles. The molecule has 1 atom stereocenters. The Balaban J connectivity index is 2.79. The van der Waals surface area contributed by atoms with Gasteiger partial charge in [0.2, 0.25) is 0 Å². The van der Waals surface area contributed by atoms with Crippen molar-refractivity contribution in [1.29, 1.82) is 0 Å². The molecule has 1 rings (SSSR count). The van der Waals surface area contributed by atoms with Crippen LogP contribution in [0.5, 0.6) is 11.5 Å². The van der Waals surface area contributed by atoms with Gasteiger partial charge in [0.1, 0.15) is 23.3 Å². The van der Waals surface area contributed by atoms with Crippen LogP contribution in [-0.4, -0.2) is 25.9 Å². The van der Waals surface area contributed by atoms with Crippen LogP contribution >= 0.6 is 0 Å². The van der Waals surface area contributed by atoms with Crippen LogP contribution in [0.15, 0.2) is 18.2 Å². The highest BCUT2D eigenvalue weighted by Gasteiger charge is 2.11. The Bertz CT molecular complexity index is 353. The Morgan fingerprint density at radius 1 is 1.12 bits per heavy atom. The summed E-state index contributed by atoms with van der Waals surface area (Å²) in [5.41, 5.74) is 6.52. The van der Waals surface area contributed by atoms with E-state index < -0.39 is 0 Å². The average Bonchev–Trinajstić information content (AvgIpc) is 2.23. The molecule has 4 heteroatoms. The van der Waals surface area contributed by atoms with Crippen molar-refractivity contribution in [3.8, 4) is 11.5 Å². The second kappa shape index (κ2) is 6.35. The molecule has 0 fully saturated rings. The third-order valence-electron chi connectivity index (χ3n) is 2.12. The highest BCUT2D eigenvalue weighted by atomic mass is 16.5. The minimum Gasteiger partial charge on any atom is -0.489 e. The van der Waals surface area contributed by atoms with Gasteiger partial charge in [-0.3, -0.25) is 0 Å². The Hall–Kier alpha value is -1.42. The van der Waals surface area contributed by atoms with Crippen LogP contribution in [0.2, 0.25) is 0 Å². The van der Waals surface area contributed by atoms with Gasteiger partial charge in [-0.15, -0.1) is 0 Å². The summed E-state index contributed by atoms with van der Waals surface area (Å²) in [4.78, 5) is 0. The van der Waals surface area contributed by atoms with Crippen molar-refractivity contribution in [3.63, 3.8) is 0 Å². The minimum atomic E-state index is -0.0448. The number of rotatable bonds is 6. The van der Waals surface area contributed by atoms with Gasteiger partial charge in [-0.1, -0.05) is 6.07 Å². The van der Waals surface area contributed by atoms with Crippen molar-refractivity contribution in [2.24, 2.45) is 0 Å². The first kappa shape index (κ1) is 13.6. The molecule has 2 N–H and O–H groups in total. The predicted octanol–water partition coefficient (Wildman–Crippen LogP) is 2.47. The van der Waals surface area contributed by atoms with Gasteiger partial charge in [-0.05, 0) is 32.9 Å². The first-order chi connectivity index (χ1) is 8.04. The highest BCUT2D eigenvalue weighted by molar-refractivity contribution is 5.62. The maximum absolute atomic E-state index is 5.99. The lowest BCUT2D eigenvalue weighted by molar-refractivity contribution is 0.0923. The van der Waals surface area contributed by atoms with Crippen LogP contribution in [0.4, 0.5) is 5.69 Å². The van der Waals surface area contributed by atoms with E-state index in [1.807, 2.05) is 39.0 Å². The summed E-state index contributed by atoms with van der Waals surface area (Å²) >= 11 is 0. The van der Waals surface area contributed by atoms with E-state index in [0.29, 0.717) is 23.8 Å². The molecule has 0 saturated carbocycles. The van der Waals surface area contributed by atoms with Gasteiger partial charge in [0, 0.05) is 7.11 Å². The maximum atomic E-state index is 5.99. The largest absolute Gasteiger partial charge is 0.489 e. The Morgan fingerprint density at radius 2 is 1.71 bits per heavy atom. The van der Waals surface area contributed by atoms with Crippen molar-refractivity contribution in [2.45, 2.75) is 33.0 Å². The smallest absolute Gasteiger partial charge is 0.146 e. The molecule has 0 aromatic heterocycles. The molecular formula is C13H21NO3. The van der Waals surface area contributed by atoms with Gasteiger partial charge in [-0.25, -0.2) is 0 Å². The monoisotopic (exact) mass is 239 g/mol. The fourth-order valence-corrected chi connectivity index (χ4v) is 1.47. The molecule has 0 aliphatic heterocycles. The highest BCUT2D eigenvalue weighted by Crippen LogP contribution is 2.32. The molecule has 0 aliphatic rings. The van der Waals surface area contributed by atoms with Crippen LogP contribution in [-0.2, 0) is 4.74 Å². The van der Waals surface area contributed by atoms with Crippen LogP contribution in [0, 0.1) is 0 Å².